The number of hydrogen-bond donors (Lipinski definition) is 0. The van der Waals surface area contributed by atoms with E-state index in [2.05, 4.69) is 70.2 Å². The second-order valence-corrected chi connectivity index (χ2v) is 5.98. The maximum absolute atomic E-state index is 2.49. The molecule has 1 aliphatic rings. The molecule has 0 saturated carbocycles. The predicted octanol–water partition coefficient (Wildman–Crippen LogP) is 3.85. The van der Waals surface area contributed by atoms with E-state index in [1.807, 2.05) is 0 Å². The SMILES string of the molecule is CC(C)C1CC(c2ccccc2)CN1I. The van der Waals surface area contributed by atoms with E-state index in [4.69, 9.17) is 0 Å². The monoisotopic (exact) mass is 315 g/mol. The maximum atomic E-state index is 2.49. The Morgan fingerprint density at radius 3 is 2.47 bits per heavy atom. The van der Waals surface area contributed by atoms with Gasteiger partial charge < -0.3 is 0 Å². The molecule has 1 saturated heterocycles. The summed E-state index contributed by atoms with van der Waals surface area (Å²) in [6, 6.07) is 11.7. The molecule has 1 fully saturated rings. The Labute approximate surface area is 106 Å². The summed E-state index contributed by atoms with van der Waals surface area (Å²) >= 11 is 2.48. The molecule has 0 radical (unpaired) electrons. The first-order valence-corrected chi connectivity index (χ1v) is 6.62. The second-order valence-electron chi connectivity index (χ2n) is 4.74. The van der Waals surface area contributed by atoms with Crippen molar-refractivity contribution in [3.63, 3.8) is 0 Å². The molecule has 0 amide bonds. The van der Waals surface area contributed by atoms with Crippen LogP contribution in [0.2, 0.25) is 0 Å². The van der Waals surface area contributed by atoms with E-state index in [0.717, 1.165) is 17.9 Å². The number of nitrogens with zero attached hydrogens (tertiary/aromatic N) is 1. The van der Waals surface area contributed by atoms with Crippen LogP contribution in [0.5, 0.6) is 0 Å². The van der Waals surface area contributed by atoms with Crippen molar-refractivity contribution >= 4 is 22.9 Å². The van der Waals surface area contributed by atoms with Crippen LogP contribution in [0.3, 0.4) is 0 Å². The minimum absolute atomic E-state index is 0.732. The van der Waals surface area contributed by atoms with Gasteiger partial charge in [0.1, 0.15) is 0 Å². The van der Waals surface area contributed by atoms with Gasteiger partial charge in [-0.3, -0.25) is 0 Å². The first-order chi connectivity index (χ1) is 7.18. The molecule has 82 valence electrons. The van der Waals surface area contributed by atoms with Crippen molar-refractivity contribution in [3.8, 4) is 0 Å². The zero-order valence-electron chi connectivity index (χ0n) is 9.36. The maximum Gasteiger partial charge on any atom is 0.0223 e. The fourth-order valence-electron chi connectivity index (χ4n) is 2.39. The van der Waals surface area contributed by atoms with Gasteiger partial charge in [0.05, 0.1) is 0 Å². The van der Waals surface area contributed by atoms with Crippen molar-refractivity contribution in [2.75, 3.05) is 6.54 Å². The molecule has 0 spiro atoms. The molecule has 0 N–H and O–H groups in total. The average Bonchev–Trinajstić information content (AvgIpc) is 2.62. The summed E-state index contributed by atoms with van der Waals surface area (Å²) in [5.41, 5.74) is 1.50. The van der Waals surface area contributed by atoms with Crippen molar-refractivity contribution in [1.29, 1.82) is 0 Å². The van der Waals surface area contributed by atoms with Crippen LogP contribution in [0.4, 0.5) is 0 Å². The lowest BCUT2D eigenvalue weighted by atomic mass is 9.93. The molecule has 2 atom stereocenters. The summed E-state index contributed by atoms with van der Waals surface area (Å²) in [6.45, 7) is 5.85. The van der Waals surface area contributed by atoms with Gasteiger partial charge in [-0.2, -0.15) is 0 Å². The molecule has 2 unspecified atom stereocenters. The van der Waals surface area contributed by atoms with Crippen LogP contribution in [-0.2, 0) is 0 Å². The van der Waals surface area contributed by atoms with Crippen molar-refractivity contribution in [1.82, 2.24) is 3.11 Å². The Morgan fingerprint density at radius 1 is 1.27 bits per heavy atom. The van der Waals surface area contributed by atoms with Crippen LogP contribution >= 0.6 is 22.9 Å². The lowest BCUT2D eigenvalue weighted by molar-refractivity contribution is 0.365. The highest BCUT2D eigenvalue weighted by atomic mass is 127. The highest BCUT2D eigenvalue weighted by Gasteiger charge is 2.32. The Balaban J connectivity index is 2.09. The fourth-order valence-corrected chi connectivity index (χ4v) is 3.73. The van der Waals surface area contributed by atoms with Crippen molar-refractivity contribution in [3.05, 3.63) is 35.9 Å². The van der Waals surface area contributed by atoms with Gasteiger partial charge in [-0.15, -0.1) is 0 Å². The summed E-state index contributed by atoms with van der Waals surface area (Å²) in [5.74, 6) is 1.49. The van der Waals surface area contributed by atoms with Gasteiger partial charge >= 0.3 is 0 Å². The highest BCUT2D eigenvalue weighted by molar-refractivity contribution is 14.1. The summed E-state index contributed by atoms with van der Waals surface area (Å²) in [6.07, 6.45) is 1.31. The average molecular weight is 315 g/mol. The highest BCUT2D eigenvalue weighted by Crippen LogP contribution is 2.36. The molecule has 15 heavy (non-hydrogen) atoms. The topological polar surface area (TPSA) is 3.24 Å². The number of rotatable bonds is 2. The molecular weight excluding hydrogens is 297 g/mol. The Hall–Kier alpha value is -0.0900. The van der Waals surface area contributed by atoms with Crippen LogP contribution in [0.1, 0.15) is 31.7 Å². The molecule has 0 aliphatic carbocycles. The predicted molar refractivity (Wildman–Crippen MR) is 73.2 cm³/mol. The van der Waals surface area contributed by atoms with Crippen molar-refractivity contribution < 1.29 is 0 Å². The summed E-state index contributed by atoms with van der Waals surface area (Å²) < 4.78 is 2.49. The quantitative estimate of drug-likeness (QED) is 0.592. The third kappa shape index (κ3) is 2.53. The Morgan fingerprint density at radius 2 is 1.93 bits per heavy atom. The first-order valence-electron chi connectivity index (χ1n) is 5.66. The Bertz CT molecular complexity index is 310. The molecule has 0 bridgehead atoms. The molecular formula is C13H18IN. The van der Waals surface area contributed by atoms with Crippen LogP contribution in [0, 0.1) is 5.92 Å². The van der Waals surface area contributed by atoms with E-state index >= 15 is 0 Å². The third-order valence-corrected chi connectivity index (χ3v) is 4.43. The van der Waals surface area contributed by atoms with Crippen molar-refractivity contribution in [2.45, 2.75) is 32.2 Å². The molecule has 2 heteroatoms. The molecule has 0 aromatic heterocycles. The van der Waals surface area contributed by atoms with Crippen LogP contribution < -0.4 is 0 Å². The fraction of sp³-hybridized carbons (Fsp3) is 0.538. The van der Waals surface area contributed by atoms with Crippen LogP contribution in [-0.4, -0.2) is 15.7 Å². The lowest BCUT2D eigenvalue weighted by Gasteiger charge is -2.20. The zero-order valence-corrected chi connectivity index (χ0v) is 11.5. The van der Waals surface area contributed by atoms with E-state index < -0.39 is 0 Å². The second kappa shape index (κ2) is 4.83. The van der Waals surface area contributed by atoms with Crippen LogP contribution in [0.15, 0.2) is 30.3 Å². The molecule has 1 nitrogen and oxygen atoms in total. The molecule has 1 aliphatic heterocycles. The van der Waals surface area contributed by atoms with Gasteiger partial charge in [-0.05, 0) is 23.8 Å². The van der Waals surface area contributed by atoms with E-state index in [9.17, 15) is 0 Å². The third-order valence-electron chi connectivity index (χ3n) is 3.32. The smallest absolute Gasteiger partial charge is 0.0223 e. The van der Waals surface area contributed by atoms with Gasteiger partial charge in [-0.1, -0.05) is 44.2 Å². The standard InChI is InChI=1S/C13H18IN/c1-10(2)13-8-12(9-15(13)14)11-6-4-3-5-7-11/h3-7,10,12-13H,8-9H2,1-2H3. The van der Waals surface area contributed by atoms with Gasteiger partial charge in [0, 0.05) is 35.5 Å². The van der Waals surface area contributed by atoms with Gasteiger partial charge in [0.25, 0.3) is 0 Å². The minimum Gasteiger partial charge on any atom is -0.244 e. The zero-order chi connectivity index (χ0) is 10.8. The lowest BCUT2D eigenvalue weighted by Crippen LogP contribution is -2.24. The molecule has 2 rings (SSSR count). The molecule has 1 aromatic rings. The number of halogens is 1. The number of benzene rings is 1. The Kier molecular flexibility index (Phi) is 3.67. The van der Waals surface area contributed by atoms with E-state index in [1.54, 1.807) is 0 Å². The van der Waals surface area contributed by atoms with E-state index in [1.165, 1.54) is 18.5 Å². The summed E-state index contributed by atoms with van der Waals surface area (Å²) in [5, 5.41) is 0. The summed E-state index contributed by atoms with van der Waals surface area (Å²) in [7, 11) is 0. The molecule has 1 aromatic carbocycles. The van der Waals surface area contributed by atoms with E-state index in [0.29, 0.717) is 0 Å². The normalized spacial score (nSPS) is 27.5. The largest absolute Gasteiger partial charge is 0.244 e. The summed E-state index contributed by atoms with van der Waals surface area (Å²) in [4.78, 5) is 0. The van der Waals surface area contributed by atoms with Crippen LogP contribution in [0.25, 0.3) is 0 Å². The van der Waals surface area contributed by atoms with Gasteiger partial charge in [0.2, 0.25) is 0 Å². The number of hydrogen-bond acceptors (Lipinski definition) is 1. The first kappa shape index (κ1) is 11.4. The van der Waals surface area contributed by atoms with Gasteiger partial charge in [0.15, 0.2) is 0 Å². The molecule has 1 heterocycles. The van der Waals surface area contributed by atoms with Crippen molar-refractivity contribution in [2.24, 2.45) is 5.92 Å². The minimum atomic E-state index is 0.732. The van der Waals surface area contributed by atoms with Gasteiger partial charge in [-0.25, -0.2) is 3.11 Å². The van der Waals surface area contributed by atoms with E-state index in [-0.39, 0.29) is 0 Å².